The molecule has 0 aromatic heterocycles. The molecular formula is C14H22O5. The number of carboxylic acid groups (broad SMARTS) is 1. The first-order valence-electron chi connectivity index (χ1n) is 6.77. The highest BCUT2D eigenvalue weighted by molar-refractivity contribution is 5.75. The minimum absolute atomic E-state index is 0.183. The van der Waals surface area contributed by atoms with E-state index in [1.807, 2.05) is 13.8 Å². The summed E-state index contributed by atoms with van der Waals surface area (Å²) in [6.45, 7) is 4.01. The van der Waals surface area contributed by atoms with Crippen LogP contribution in [0.15, 0.2) is 12.2 Å². The molecule has 0 saturated heterocycles. The van der Waals surface area contributed by atoms with Crippen molar-refractivity contribution in [3.63, 3.8) is 0 Å². The zero-order valence-corrected chi connectivity index (χ0v) is 11.5. The largest absolute Gasteiger partial charge is 0.518 e. The third kappa shape index (κ3) is 6.27. The van der Waals surface area contributed by atoms with Crippen LogP contribution in [0.25, 0.3) is 0 Å². The summed E-state index contributed by atoms with van der Waals surface area (Å²) < 4.78 is 8.16. The number of carbonyl (C=O) groups is 2. The smallest absolute Gasteiger partial charge is 0.449 e. The van der Waals surface area contributed by atoms with Crippen molar-refractivity contribution in [3.8, 4) is 0 Å². The molecule has 1 saturated carbocycles. The number of hydrogen-bond acceptors (Lipinski definition) is 4. The number of allylic oxidation sites excluding steroid dienone is 2. The van der Waals surface area contributed by atoms with Crippen LogP contribution in [-0.2, 0) is 9.47 Å². The van der Waals surface area contributed by atoms with Crippen LogP contribution >= 0.6 is 0 Å². The maximum absolute atomic E-state index is 10.4. The molecule has 2 aliphatic rings. The lowest BCUT2D eigenvalue weighted by Crippen LogP contribution is -2.15. The highest BCUT2D eigenvalue weighted by Gasteiger charge is 2.25. The Morgan fingerprint density at radius 3 is 2.21 bits per heavy atom. The Bertz CT molecular complexity index is 325. The Morgan fingerprint density at radius 2 is 1.89 bits per heavy atom. The maximum Gasteiger partial charge on any atom is 0.518 e. The molecule has 0 aliphatic heterocycles. The molecule has 0 amide bonds. The number of hydrogen-bond donors (Lipinski definition) is 1. The first kappa shape index (κ1) is 15.5. The van der Waals surface area contributed by atoms with E-state index in [0.29, 0.717) is 0 Å². The van der Waals surface area contributed by atoms with Crippen molar-refractivity contribution in [1.29, 1.82) is 0 Å². The zero-order valence-electron chi connectivity index (χ0n) is 11.5. The molecular weight excluding hydrogens is 248 g/mol. The number of rotatable bonds is 3. The van der Waals surface area contributed by atoms with Crippen molar-refractivity contribution in [2.75, 3.05) is 6.61 Å². The summed E-state index contributed by atoms with van der Waals surface area (Å²) in [6, 6.07) is 0. The molecule has 2 bridgehead atoms. The van der Waals surface area contributed by atoms with Crippen LogP contribution in [0.2, 0.25) is 0 Å². The molecule has 2 aliphatic carbocycles. The van der Waals surface area contributed by atoms with Crippen molar-refractivity contribution in [1.82, 2.24) is 0 Å². The normalized spacial score (nSPS) is 24.3. The van der Waals surface area contributed by atoms with E-state index in [4.69, 9.17) is 5.11 Å². The fourth-order valence-electron chi connectivity index (χ4n) is 2.15. The Morgan fingerprint density at radius 1 is 1.32 bits per heavy atom. The third-order valence-corrected chi connectivity index (χ3v) is 3.52. The van der Waals surface area contributed by atoms with Gasteiger partial charge in [0.25, 0.3) is 0 Å². The zero-order chi connectivity index (χ0) is 14.3. The van der Waals surface area contributed by atoms with Crippen molar-refractivity contribution < 1.29 is 24.2 Å². The monoisotopic (exact) mass is 270 g/mol. The SMILES string of the molecule is C1=CC2CCC1C2.CCC(C)COC(=O)OC(=O)O. The van der Waals surface area contributed by atoms with Gasteiger partial charge in [0.1, 0.15) is 0 Å². The Balaban J connectivity index is 0.000000213. The summed E-state index contributed by atoms with van der Waals surface area (Å²) >= 11 is 0. The Hall–Kier alpha value is -1.52. The molecule has 3 unspecified atom stereocenters. The maximum atomic E-state index is 10.4. The lowest BCUT2D eigenvalue weighted by atomic mass is 10.1. The first-order chi connectivity index (χ1) is 9.01. The molecule has 3 atom stereocenters. The molecule has 1 N–H and O–H groups in total. The van der Waals surface area contributed by atoms with Crippen molar-refractivity contribution in [3.05, 3.63) is 12.2 Å². The van der Waals surface area contributed by atoms with Gasteiger partial charge in [0, 0.05) is 0 Å². The van der Waals surface area contributed by atoms with Gasteiger partial charge < -0.3 is 14.6 Å². The second kappa shape index (κ2) is 7.81. The van der Waals surface area contributed by atoms with Gasteiger partial charge >= 0.3 is 12.3 Å². The topological polar surface area (TPSA) is 72.8 Å². The summed E-state index contributed by atoms with van der Waals surface area (Å²) in [7, 11) is 0. The van der Waals surface area contributed by atoms with Gasteiger partial charge in [0.05, 0.1) is 6.61 Å². The molecule has 0 aromatic rings. The minimum Gasteiger partial charge on any atom is -0.449 e. The summed E-state index contributed by atoms with van der Waals surface area (Å²) in [5.41, 5.74) is 0. The number of carbonyl (C=O) groups excluding carboxylic acids is 1. The molecule has 1 fully saturated rings. The Kier molecular flexibility index (Phi) is 6.39. The summed E-state index contributed by atoms with van der Waals surface area (Å²) in [5.74, 6) is 2.20. The van der Waals surface area contributed by atoms with Gasteiger partial charge in [-0.2, -0.15) is 0 Å². The molecule has 0 aromatic carbocycles. The van der Waals surface area contributed by atoms with Crippen LogP contribution in [0.4, 0.5) is 9.59 Å². The predicted molar refractivity (Wildman–Crippen MR) is 69.9 cm³/mol. The molecule has 0 radical (unpaired) electrons. The van der Waals surface area contributed by atoms with Crippen LogP contribution in [0.3, 0.4) is 0 Å². The second-order valence-electron chi connectivity index (χ2n) is 5.16. The highest BCUT2D eigenvalue weighted by Crippen LogP contribution is 2.38. The number of fused-ring (bicyclic) bond motifs is 2. The van der Waals surface area contributed by atoms with Gasteiger partial charge in [-0.25, -0.2) is 9.59 Å². The molecule has 0 spiro atoms. The quantitative estimate of drug-likeness (QED) is 0.479. The summed E-state index contributed by atoms with van der Waals surface area (Å²) in [4.78, 5) is 20.2. The lowest BCUT2D eigenvalue weighted by molar-refractivity contribution is 0.0469. The van der Waals surface area contributed by atoms with Crippen molar-refractivity contribution in [2.24, 2.45) is 17.8 Å². The van der Waals surface area contributed by atoms with Gasteiger partial charge in [0.2, 0.25) is 0 Å². The Labute approximate surface area is 113 Å². The van der Waals surface area contributed by atoms with Gasteiger partial charge in [-0.05, 0) is 37.0 Å². The molecule has 108 valence electrons. The van der Waals surface area contributed by atoms with E-state index in [0.717, 1.165) is 18.3 Å². The lowest BCUT2D eigenvalue weighted by Gasteiger charge is -2.07. The van der Waals surface area contributed by atoms with Crippen LogP contribution in [-0.4, -0.2) is 24.0 Å². The fraction of sp³-hybridized carbons (Fsp3) is 0.714. The standard InChI is InChI=1S/C7H12O5.C7H10/c1-3-5(2)4-11-7(10)12-6(8)9;1-2-7-4-3-6(1)5-7/h5H,3-4H2,1-2H3,(H,8,9);1-2,6-7H,3-5H2. The third-order valence-electron chi connectivity index (χ3n) is 3.52. The molecule has 0 heterocycles. The van der Waals surface area contributed by atoms with Crippen LogP contribution in [0.5, 0.6) is 0 Å². The van der Waals surface area contributed by atoms with Crippen molar-refractivity contribution in [2.45, 2.75) is 39.5 Å². The second-order valence-corrected chi connectivity index (χ2v) is 5.16. The first-order valence-corrected chi connectivity index (χ1v) is 6.77. The minimum atomic E-state index is -1.65. The van der Waals surface area contributed by atoms with Gasteiger partial charge in [-0.1, -0.05) is 32.4 Å². The van der Waals surface area contributed by atoms with E-state index < -0.39 is 12.3 Å². The van der Waals surface area contributed by atoms with E-state index in [9.17, 15) is 9.59 Å². The van der Waals surface area contributed by atoms with Crippen LogP contribution < -0.4 is 0 Å². The number of ether oxygens (including phenoxy) is 2. The fourth-order valence-corrected chi connectivity index (χ4v) is 2.15. The highest BCUT2D eigenvalue weighted by atomic mass is 16.8. The van der Waals surface area contributed by atoms with Gasteiger partial charge in [-0.15, -0.1) is 0 Å². The summed E-state index contributed by atoms with van der Waals surface area (Å²) in [6.07, 6.45) is 7.23. The summed E-state index contributed by atoms with van der Waals surface area (Å²) in [5, 5.41) is 7.98. The van der Waals surface area contributed by atoms with E-state index in [-0.39, 0.29) is 12.5 Å². The van der Waals surface area contributed by atoms with Crippen molar-refractivity contribution >= 4 is 12.3 Å². The van der Waals surface area contributed by atoms with E-state index in [1.165, 1.54) is 19.3 Å². The predicted octanol–water partition coefficient (Wildman–Crippen LogP) is 3.84. The molecule has 19 heavy (non-hydrogen) atoms. The van der Waals surface area contributed by atoms with Gasteiger partial charge in [-0.3, -0.25) is 0 Å². The van der Waals surface area contributed by atoms with E-state index >= 15 is 0 Å². The average molecular weight is 270 g/mol. The van der Waals surface area contributed by atoms with Crippen LogP contribution in [0, 0.1) is 17.8 Å². The van der Waals surface area contributed by atoms with E-state index in [2.05, 4.69) is 21.6 Å². The molecule has 2 rings (SSSR count). The van der Waals surface area contributed by atoms with E-state index in [1.54, 1.807) is 0 Å². The van der Waals surface area contributed by atoms with Crippen LogP contribution in [0.1, 0.15) is 39.5 Å². The van der Waals surface area contributed by atoms with Gasteiger partial charge in [0.15, 0.2) is 0 Å². The average Bonchev–Trinajstić information content (AvgIpc) is 3.00. The molecule has 5 heteroatoms. The molecule has 5 nitrogen and oxygen atoms in total.